The molecule has 0 saturated carbocycles. The van der Waals surface area contributed by atoms with Crippen molar-refractivity contribution in [3.8, 4) is 0 Å². The first kappa shape index (κ1) is 15.9. The Balaban J connectivity index is 3.65. The zero-order chi connectivity index (χ0) is 12.4. The van der Waals surface area contributed by atoms with Crippen LogP contribution in [0.3, 0.4) is 0 Å². The molecule has 0 rings (SSSR count). The lowest BCUT2D eigenvalue weighted by Crippen LogP contribution is -2.26. The lowest BCUT2D eigenvalue weighted by atomic mass is 10.2. The minimum absolute atomic E-state index is 0.246. The van der Waals surface area contributed by atoms with Gasteiger partial charge in [-0.05, 0) is 32.7 Å². The Morgan fingerprint density at radius 3 is 2.44 bits per heavy atom. The van der Waals surface area contributed by atoms with Crippen LogP contribution < -0.4 is 5.32 Å². The number of ether oxygens (including phenoxy) is 1. The van der Waals surface area contributed by atoms with Crippen LogP contribution in [0.4, 0.5) is 0 Å². The summed E-state index contributed by atoms with van der Waals surface area (Å²) < 4.78 is 28.0. The predicted octanol–water partition coefficient (Wildman–Crippen LogP) is 1.22. The lowest BCUT2D eigenvalue weighted by Gasteiger charge is -2.11. The van der Waals surface area contributed by atoms with Crippen LogP contribution in [-0.2, 0) is 14.6 Å². The summed E-state index contributed by atoms with van der Waals surface area (Å²) in [5.74, 6) is 0.545. The molecule has 16 heavy (non-hydrogen) atoms. The highest BCUT2D eigenvalue weighted by atomic mass is 32.2. The van der Waals surface area contributed by atoms with E-state index in [4.69, 9.17) is 4.74 Å². The second kappa shape index (κ2) is 8.96. The molecule has 4 nitrogen and oxygen atoms in total. The fourth-order valence-electron chi connectivity index (χ4n) is 1.59. The minimum atomic E-state index is -2.87. The molecule has 0 aliphatic rings. The quantitative estimate of drug-likeness (QED) is 0.593. The molecular weight excluding hydrogens is 226 g/mol. The van der Waals surface area contributed by atoms with Crippen LogP contribution in [0.15, 0.2) is 0 Å². The average Bonchev–Trinajstić information content (AvgIpc) is 2.18. The highest BCUT2D eigenvalue weighted by Gasteiger charge is 2.10. The second-order valence-electron chi connectivity index (χ2n) is 4.10. The fourth-order valence-corrected chi connectivity index (χ4v) is 2.95. The first-order chi connectivity index (χ1) is 7.52. The van der Waals surface area contributed by atoms with Gasteiger partial charge in [0, 0.05) is 19.8 Å². The molecule has 0 aromatic carbocycles. The topological polar surface area (TPSA) is 55.4 Å². The summed E-state index contributed by atoms with van der Waals surface area (Å²) in [4.78, 5) is 0. The van der Waals surface area contributed by atoms with Gasteiger partial charge >= 0.3 is 0 Å². The molecule has 0 saturated heterocycles. The van der Waals surface area contributed by atoms with E-state index in [2.05, 4.69) is 19.2 Å². The van der Waals surface area contributed by atoms with Gasteiger partial charge in [-0.15, -0.1) is 0 Å². The lowest BCUT2D eigenvalue weighted by molar-refractivity contribution is 0.199. The molecule has 1 atom stereocenters. The number of hydrogen-bond donors (Lipinski definition) is 1. The SMILES string of the molecule is CCNC(C)CCCS(=O)(=O)CCCOC. The van der Waals surface area contributed by atoms with E-state index in [9.17, 15) is 8.42 Å². The first-order valence-corrected chi connectivity index (χ1v) is 7.76. The number of rotatable bonds is 10. The van der Waals surface area contributed by atoms with E-state index in [0.29, 0.717) is 24.8 Å². The monoisotopic (exact) mass is 251 g/mol. The van der Waals surface area contributed by atoms with Crippen LogP contribution in [0.5, 0.6) is 0 Å². The Bertz CT molecular complexity index is 252. The molecule has 0 spiro atoms. The highest BCUT2D eigenvalue weighted by Crippen LogP contribution is 2.02. The van der Waals surface area contributed by atoms with Crippen molar-refractivity contribution in [2.24, 2.45) is 0 Å². The van der Waals surface area contributed by atoms with Crippen molar-refractivity contribution in [1.29, 1.82) is 0 Å². The number of sulfone groups is 1. The average molecular weight is 251 g/mol. The van der Waals surface area contributed by atoms with E-state index in [1.54, 1.807) is 7.11 Å². The van der Waals surface area contributed by atoms with Crippen molar-refractivity contribution in [3.05, 3.63) is 0 Å². The van der Waals surface area contributed by atoms with Crippen LogP contribution in [-0.4, -0.2) is 46.2 Å². The molecule has 0 radical (unpaired) electrons. The summed E-state index contributed by atoms with van der Waals surface area (Å²) in [7, 11) is -1.28. The third-order valence-electron chi connectivity index (χ3n) is 2.45. The van der Waals surface area contributed by atoms with E-state index in [1.165, 1.54) is 0 Å². The number of methoxy groups -OCH3 is 1. The van der Waals surface area contributed by atoms with Gasteiger partial charge in [-0.1, -0.05) is 6.92 Å². The summed E-state index contributed by atoms with van der Waals surface area (Å²) in [6.45, 7) is 5.59. The van der Waals surface area contributed by atoms with Crippen molar-refractivity contribution in [3.63, 3.8) is 0 Å². The molecule has 0 amide bonds. The normalized spacial score (nSPS) is 13.9. The van der Waals surface area contributed by atoms with E-state index in [0.717, 1.165) is 19.4 Å². The maximum absolute atomic E-state index is 11.6. The van der Waals surface area contributed by atoms with Gasteiger partial charge in [0.15, 0.2) is 0 Å². The molecule has 0 fully saturated rings. The number of hydrogen-bond acceptors (Lipinski definition) is 4. The van der Waals surface area contributed by atoms with Crippen LogP contribution in [0.1, 0.15) is 33.1 Å². The van der Waals surface area contributed by atoms with Gasteiger partial charge < -0.3 is 10.1 Å². The van der Waals surface area contributed by atoms with Gasteiger partial charge in [0.1, 0.15) is 9.84 Å². The summed E-state index contributed by atoms with van der Waals surface area (Å²) in [5.41, 5.74) is 0. The van der Waals surface area contributed by atoms with Crippen LogP contribution >= 0.6 is 0 Å². The van der Waals surface area contributed by atoms with Crippen molar-refractivity contribution < 1.29 is 13.2 Å². The van der Waals surface area contributed by atoms with Crippen molar-refractivity contribution in [2.75, 3.05) is 31.8 Å². The van der Waals surface area contributed by atoms with Crippen molar-refractivity contribution in [2.45, 2.75) is 39.2 Å². The molecule has 0 aromatic heterocycles. The van der Waals surface area contributed by atoms with Crippen molar-refractivity contribution in [1.82, 2.24) is 5.32 Å². The van der Waals surface area contributed by atoms with Gasteiger partial charge in [-0.25, -0.2) is 8.42 Å². The third-order valence-corrected chi connectivity index (χ3v) is 4.27. The van der Waals surface area contributed by atoms with Gasteiger partial charge in [-0.2, -0.15) is 0 Å². The summed E-state index contributed by atoms with van der Waals surface area (Å²) in [6.07, 6.45) is 2.25. The molecule has 98 valence electrons. The van der Waals surface area contributed by atoms with Gasteiger partial charge in [0.2, 0.25) is 0 Å². The van der Waals surface area contributed by atoms with Gasteiger partial charge in [0.25, 0.3) is 0 Å². The molecule has 1 N–H and O–H groups in total. The molecule has 1 unspecified atom stereocenters. The summed E-state index contributed by atoms with van der Waals surface area (Å²) in [5, 5.41) is 3.27. The molecule has 0 aliphatic carbocycles. The first-order valence-electron chi connectivity index (χ1n) is 5.94. The zero-order valence-electron chi connectivity index (χ0n) is 10.7. The maximum Gasteiger partial charge on any atom is 0.150 e. The van der Waals surface area contributed by atoms with Gasteiger partial charge in [-0.3, -0.25) is 0 Å². The minimum Gasteiger partial charge on any atom is -0.385 e. The smallest absolute Gasteiger partial charge is 0.150 e. The van der Waals surface area contributed by atoms with E-state index >= 15 is 0 Å². The van der Waals surface area contributed by atoms with Gasteiger partial charge in [0.05, 0.1) is 11.5 Å². The Kier molecular flexibility index (Phi) is 8.89. The van der Waals surface area contributed by atoms with Crippen LogP contribution in [0, 0.1) is 0 Å². The highest BCUT2D eigenvalue weighted by molar-refractivity contribution is 7.91. The Labute approximate surface area is 99.7 Å². The van der Waals surface area contributed by atoms with Crippen LogP contribution in [0.2, 0.25) is 0 Å². The van der Waals surface area contributed by atoms with Crippen LogP contribution in [0.25, 0.3) is 0 Å². The molecule has 0 heterocycles. The molecular formula is C11H25NO3S. The predicted molar refractivity (Wildman–Crippen MR) is 67.5 cm³/mol. The second-order valence-corrected chi connectivity index (χ2v) is 6.40. The van der Waals surface area contributed by atoms with E-state index in [-0.39, 0.29) is 5.75 Å². The van der Waals surface area contributed by atoms with E-state index in [1.807, 2.05) is 0 Å². The van der Waals surface area contributed by atoms with E-state index < -0.39 is 9.84 Å². The fraction of sp³-hybridized carbons (Fsp3) is 1.00. The molecule has 5 heteroatoms. The maximum atomic E-state index is 11.6. The van der Waals surface area contributed by atoms with Crippen molar-refractivity contribution >= 4 is 9.84 Å². The molecule has 0 aliphatic heterocycles. The zero-order valence-corrected chi connectivity index (χ0v) is 11.5. The molecule has 0 aromatic rings. The summed E-state index contributed by atoms with van der Waals surface area (Å²) >= 11 is 0. The summed E-state index contributed by atoms with van der Waals surface area (Å²) in [6, 6.07) is 0.402. The Morgan fingerprint density at radius 2 is 1.88 bits per heavy atom. The standard InChI is InChI=1S/C11H25NO3S/c1-4-12-11(2)7-5-9-16(13,14)10-6-8-15-3/h11-12H,4-10H2,1-3H3. The molecule has 0 bridgehead atoms. The third kappa shape index (κ3) is 9.12. The Hall–Kier alpha value is -0.130. The largest absolute Gasteiger partial charge is 0.385 e. The Morgan fingerprint density at radius 1 is 1.25 bits per heavy atom. The number of nitrogens with one attached hydrogen (secondary N) is 1.